The molecule has 2 rings (SSSR count). The number of hydrogen-bond acceptors (Lipinski definition) is 6. The zero-order valence-electron chi connectivity index (χ0n) is 11.6. The van der Waals surface area contributed by atoms with Gasteiger partial charge in [0, 0.05) is 6.07 Å². The van der Waals surface area contributed by atoms with E-state index in [1.54, 1.807) is 0 Å². The first kappa shape index (κ1) is 15.2. The molecule has 0 spiro atoms. The number of nitrogens with zero attached hydrogens (tertiary/aromatic N) is 2. The summed E-state index contributed by atoms with van der Waals surface area (Å²) >= 11 is 0. The van der Waals surface area contributed by atoms with E-state index >= 15 is 0 Å². The molecule has 1 unspecified atom stereocenters. The van der Waals surface area contributed by atoms with Crippen LogP contribution in [0.5, 0.6) is 5.88 Å². The highest BCUT2D eigenvalue weighted by atomic mass is 16.6. The van der Waals surface area contributed by atoms with E-state index in [0.29, 0.717) is 12.5 Å². The number of nitrogens with one attached hydrogen (secondary N) is 1. The maximum absolute atomic E-state index is 11.3. The zero-order chi connectivity index (χ0) is 15.2. The molecule has 8 heteroatoms. The summed E-state index contributed by atoms with van der Waals surface area (Å²) in [7, 11) is 0. The predicted molar refractivity (Wildman–Crippen MR) is 75.1 cm³/mol. The van der Waals surface area contributed by atoms with Crippen molar-refractivity contribution in [2.24, 2.45) is 11.7 Å². The Balaban J connectivity index is 1.98. The molecule has 1 fully saturated rings. The first-order valence-corrected chi connectivity index (χ1v) is 6.85. The molecule has 114 valence electrons. The van der Waals surface area contributed by atoms with Crippen molar-refractivity contribution in [1.29, 1.82) is 0 Å². The van der Waals surface area contributed by atoms with E-state index in [1.165, 1.54) is 0 Å². The maximum Gasteiger partial charge on any atom is 0.288 e. The van der Waals surface area contributed by atoms with Crippen LogP contribution >= 0.6 is 0 Å². The van der Waals surface area contributed by atoms with Gasteiger partial charge in [-0.05, 0) is 38.3 Å². The molecule has 0 radical (unpaired) electrons. The van der Waals surface area contributed by atoms with E-state index in [1.807, 2.05) is 0 Å². The van der Waals surface area contributed by atoms with Gasteiger partial charge >= 0.3 is 0 Å². The second-order valence-electron chi connectivity index (χ2n) is 5.02. The third-order valence-corrected chi connectivity index (χ3v) is 3.48. The Morgan fingerprint density at radius 3 is 3.05 bits per heavy atom. The molecule has 1 aromatic heterocycles. The Morgan fingerprint density at radius 2 is 2.43 bits per heavy atom. The number of pyridine rings is 1. The van der Waals surface area contributed by atoms with Gasteiger partial charge in [0.05, 0.1) is 11.5 Å². The number of ether oxygens (including phenoxy) is 1. The highest BCUT2D eigenvalue weighted by Gasteiger charge is 2.18. The zero-order valence-corrected chi connectivity index (χ0v) is 11.6. The first-order valence-electron chi connectivity index (χ1n) is 6.85. The van der Waals surface area contributed by atoms with E-state index in [4.69, 9.17) is 10.5 Å². The summed E-state index contributed by atoms with van der Waals surface area (Å²) in [5, 5.41) is 14.0. The quantitative estimate of drug-likeness (QED) is 0.593. The fourth-order valence-electron chi connectivity index (χ4n) is 2.33. The van der Waals surface area contributed by atoms with E-state index < -0.39 is 10.8 Å². The Morgan fingerprint density at radius 1 is 1.62 bits per heavy atom. The van der Waals surface area contributed by atoms with Gasteiger partial charge in [-0.25, -0.2) is 4.98 Å². The fraction of sp³-hybridized carbons (Fsp3) is 0.538. The standard InChI is InChI=1S/C13H18N4O4/c14-12(18)11-6-10(17(19)20)8-16-13(11)21-5-3-9-2-1-4-15-7-9/h6,8-9,15H,1-5,7H2,(H2,14,18). The third kappa shape index (κ3) is 4.12. The minimum Gasteiger partial charge on any atom is -0.477 e. The van der Waals surface area contributed by atoms with Crippen molar-refractivity contribution in [3.05, 3.63) is 27.9 Å². The van der Waals surface area contributed by atoms with Crippen molar-refractivity contribution in [2.45, 2.75) is 19.3 Å². The lowest BCUT2D eigenvalue weighted by atomic mass is 9.97. The third-order valence-electron chi connectivity index (χ3n) is 3.48. The molecule has 1 amide bonds. The molecule has 0 bridgehead atoms. The molecule has 2 heterocycles. The molecule has 1 aliphatic rings. The molecule has 1 saturated heterocycles. The monoisotopic (exact) mass is 294 g/mol. The lowest BCUT2D eigenvalue weighted by Crippen LogP contribution is -2.30. The summed E-state index contributed by atoms with van der Waals surface area (Å²) in [4.78, 5) is 25.2. The van der Waals surface area contributed by atoms with Crippen LogP contribution in [0.25, 0.3) is 0 Å². The van der Waals surface area contributed by atoms with Gasteiger partial charge < -0.3 is 15.8 Å². The highest BCUT2D eigenvalue weighted by Crippen LogP contribution is 2.21. The number of piperidine rings is 1. The van der Waals surface area contributed by atoms with Crippen molar-refractivity contribution >= 4 is 11.6 Å². The SMILES string of the molecule is NC(=O)c1cc([N+](=O)[O-])cnc1OCCC1CCCNC1. The fourth-order valence-corrected chi connectivity index (χ4v) is 2.33. The molecule has 1 aromatic rings. The smallest absolute Gasteiger partial charge is 0.288 e. The molecule has 1 aliphatic heterocycles. The van der Waals surface area contributed by atoms with Gasteiger partial charge in [0.2, 0.25) is 5.88 Å². The van der Waals surface area contributed by atoms with Crippen LogP contribution in [0.4, 0.5) is 5.69 Å². The lowest BCUT2D eigenvalue weighted by molar-refractivity contribution is -0.385. The van der Waals surface area contributed by atoms with Crippen LogP contribution < -0.4 is 15.8 Å². The maximum atomic E-state index is 11.3. The van der Waals surface area contributed by atoms with Crippen molar-refractivity contribution in [3.63, 3.8) is 0 Å². The van der Waals surface area contributed by atoms with Crippen LogP contribution in [0, 0.1) is 16.0 Å². The number of carbonyl (C=O) groups excluding carboxylic acids is 1. The molecule has 0 saturated carbocycles. The summed E-state index contributed by atoms with van der Waals surface area (Å²) in [5.74, 6) is -0.203. The van der Waals surface area contributed by atoms with Crippen LogP contribution in [-0.4, -0.2) is 35.5 Å². The summed E-state index contributed by atoms with van der Waals surface area (Å²) in [6.45, 7) is 2.41. The van der Waals surface area contributed by atoms with Gasteiger partial charge in [-0.2, -0.15) is 0 Å². The van der Waals surface area contributed by atoms with Gasteiger partial charge in [-0.15, -0.1) is 0 Å². The molecule has 0 aliphatic carbocycles. The number of nitro groups is 1. The summed E-state index contributed by atoms with van der Waals surface area (Å²) in [6.07, 6.45) is 4.19. The second kappa shape index (κ2) is 6.98. The van der Waals surface area contributed by atoms with Crippen LogP contribution in [0.15, 0.2) is 12.3 Å². The molecular weight excluding hydrogens is 276 g/mol. The predicted octanol–water partition coefficient (Wildman–Crippen LogP) is 0.857. The summed E-state index contributed by atoms with van der Waals surface area (Å²) in [5.41, 5.74) is 4.86. The van der Waals surface area contributed by atoms with Crippen molar-refractivity contribution < 1.29 is 14.5 Å². The Hall–Kier alpha value is -2.22. The lowest BCUT2D eigenvalue weighted by Gasteiger charge is -2.22. The Labute approximate surface area is 121 Å². The van der Waals surface area contributed by atoms with Gasteiger partial charge in [0.15, 0.2) is 0 Å². The number of carbonyl (C=O) groups is 1. The Kier molecular flexibility index (Phi) is 5.04. The first-order chi connectivity index (χ1) is 10.1. The minimum absolute atomic E-state index is 0.0527. The van der Waals surface area contributed by atoms with Crippen LogP contribution in [0.1, 0.15) is 29.6 Å². The van der Waals surface area contributed by atoms with Crippen LogP contribution in [0.2, 0.25) is 0 Å². The molecular formula is C13H18N4O4. The van der Waals surface area contributed by atoms with Crippen LogP contribution in [-0.2, 0) is 0 Å². The van der Waals surface area contributed by atoms with Crippen LogP contribution in [0.3, 0.4) is 0 Å². The average Bonchev–Trinajstić information content (AvgIpc) is 2.48. The molecule has 0 aromatic carbocycles. The summed E-state index contributed by atoms with van der Waals surface area (Å²) in [6, 6.07) is 1.09. The van der Waals surface area contributed by atoms with E-state index in [2.05, 4.69) is 10.3 Å². The van der Waals surface area contributed by atoms with E-state index in [9.17, 15) is 14.9 Å². The van der Waals surface area contributed by atoms with E-state index in [-0.39, 0.29) is 17.1 Å². The number of aromatic nitrogens is 1. The molecule has 8 nitrogen and oxygen atoms in total. The van der Waals surface area contributed by atoms with Gasteiger partial charge in [-0.1, -0.05) is 0 Å². The molecule has 1 atom stereocenters. The molecule has 3 N–H and O–H groups in total. The second-order valence-corrected chi connectivity index (χ2v) is 5.02. The topological polar surface area (TPSA) is 120 Å². The average molecular weight is 294 g/mol. The number of primary amides is 1. The summed E-state index contributed by atoms with van der Waals surface area (Å²) < 4.78 is 5.47. The number of nitrogens with two attached hydrogens (primary N) is 1. The van der Waals surface area contributed by atoms with Gasteiger partial charge in [-0.3, -0.25) is 14.9 Å². The van der Waals surface area contributed by atoms with Crippen molar-refractivity contribution in [1.82, 2.24) is 10.3 Å². The highest BCUT2D eigenvalue weighted by molar-refractivity contribution is 5.95. The van der Waals surface area contributed by atoms with Crippen molar-refractivity contribution in [3.8, 4) is 5.88 Å². The molecule has 21 heavy (non-hydrogen) atoms. The van der Waals surface area contributed by atoms with E-state index in [0.717, 1.165) is 44.6 Å². The number of rotatable bonds is 6. The van der Waals surface area contributed by atoms with Crippen molar-refractivity contribution in [2.75, 3.05) is 19.7 Å². The number of hydrogen-bond donors (Lipinski definition) is 2. The number of amides is 1. The minimum atomic E-state index is -0.791. The van der Waals surface area contributed by atoms with Gasteiger partial charge in [0.25, 0.3) is 11.6 Å². The largest absolute Gasteiger partial charge is 0.477 e. The Bertz CT molecular complexity index is 529. The normalized spacial score (nSPS) is 18.2. The van der Waals surface area contributed by atoms with Gasteiger partial charge in [0.1, 0.15) is 11.8 Å².